The third-order valence-electron chi connectivity index (χ3n) is 5.36. The molecule has 1 aliphatic heterocycles. The highest BCUT2D eigenvalue weighted by Crippen LogP contribution is 2.23. The first-order valence-electron chi connectivity index (χ1n) is 9.90. The van der Waals surface area contributed by atoms with Gasteiger partial charge in [0.1, 0.15) is 0 Å². The van der Waals surface area contributed by atoms with E-state index in [4.69, 9.17) is 4.74 Å². The van der Waals surface area contributed by atoms with Crippen molar-refractivity contribution >= 4 is 26.7 Å². The van der Waals surface area contributed by atoms with E-state index in [0.717, 1.165) is 16.3 Å². The number of morpholine rings is 1. The van der Waals surface area contributed by atoms with E-state index in [1.54, 1.807) is 19.1 Å². The van der Waals surface area contributed by atoms with Crippen molar-refractivity contribution in [1.82, 2.24) is 9.62 Å². The van der Waals surface area contributed by atoms with Crippen LogP contribution in [-0.2, 0) is 21.3 Å². The molecule has 0 aromatic heterocycles. The molecule has 4 rings (SSSR count). The van der Waals surface area contributed by atoms with E-state index in [1.165, 1.54) is 10.4 Å². The maximum atomic E-state index is 13.0. The van der Waals surface area contributed by atoms with Gasteiger partial charge in [-0.05, 0) is 41.0 Å². The lowest BCUT2D eigenvalue weighted by molar-refractivity contribution is 0.0730. The summed E-state index contributed by atoms with van der Waals surface area (Å²) in [4.78, 5) is 13.0. The molecule has 3 aromatic rings. The zero-order chi connectivity index (χ0) is 21.1. The first-order valence-corrected chi connectivity index (χ1v) is 11.3. The summed E-state index contributed by atoms with van der Waals surface area (Å²) >= 11 is 0. The van der Waals surface area contributed by atoms with Crippen molar-refractivity contribution < 1.29 is 17.9 Å². The number of hydrogen-bond donors (Lipinski definition) is 1. The molecule has 30 heavy (non-hydrogen) atoms. The van der Waals surface area contributed by atoms with Crippen LogP contribution in [0.1, 0.15) is 21.5 Å². The van der Waals surface area contributed by atoms with Gasteiger partial charge in [0.25, 0.3) is 5.91 Å². The van der Waals surface area contributed by atoms with Crippen molar-refractivity contribution in [1.29, 1.82) is 0 Å². The predicted octanol–water partition coefficient (Wildman–Crippen LogP) is 3.10. The highest BCUT2D eigenvalue weighted by Gasteiger charge is 2.28. The Kier molecular flexibility index (Phi) is 5.85. The molecule has 0 atom stereocenters. The first-order chi connectivity index (χ1) is 14.5. The van der Waals surface area contributed by atoms with E-state index in [-0.39, 0.29) is 10.8 Å². The van der Waals surface area contributed by atoms with Crippen LogP contribution < -0.4 is 5.32 Å². The standard InChI is InChI=1S/C23H24N2O4S/c1-17-9-10-19(15-22(17)30(27,28)25-11-13-29-14-12-25)23(26)24-16-20-7-4-6-18-5-2-3-8-21(18)20/h2-10,15H,11-14,16H2,1H3,(H,24,26). The maximum absolute atomic E-state index is 13.0. The molecule has 0 aliphatic carbocycles. The van der Waals surface area contributed by atoms with Gasteiger partial charge in [0, 0.05) is 25.2 Å². The Hall–Kier alpha value is -2.74. The summed E-state index contributed by atoms with van der Waals surface area (Å²) in [6, 6.07) is 18.8. The highest BCUT2D eigenvalue weighted by atomic mass is 32.2. The average Bonchev–Trinajstić information content (AvgIpc) is 2.78. The minimum atomic E-state index is -3.67. The van der Waals surface area contributed by atoms with Crippen LogP contribution in [0.4, 0.5) is 0 Å². The van der Waals surface area contributed by atoms with Gasteiger partial charge >= 0.3 is 0 Å². The van der Waals surface area contributed by atoms with E-state index in [2.05, 4.69) is 5.32 Å². The lowest BCUT2D eigenvalue weighted by Gasteiger charge is -2.26. The summed E-state index contributed by atoms with van der Waals surface area (Å²) in [5, 5.41) is 5.11. The van der Waals surface area contributed by atoms with E-state index in [1.807, 2.05) is 42.5 Å². The molecule has 1 N–H and O–H groups in total. The monoisotopic (exact) mass is 424 g/mol. The first kappa shape index (κ1) is 20.5. The third-order valence-corrected chi connectivity index (χ3v) is 7.40. The second kappa shape index (κ2) is 8.55. The van der Waals surface area contributed by atoms with E-state index in [0.29, 0.717) is 44.0 Å². The number of nitrogens with zero attached hydrogens (tertiary/aromatic N) is 1. The third kappa shape index (κ3) is 4.09. The molecule has 0 unspecified atom stereocenters. The van der Waals surface area contributed by atoms with Gasteiger partial charge in [0.15, 0.2) is 0 Å². The number of amides is 1. The number of benzene rings is 3. The maximum Gasteiger partial charge on any atom is 0.251 e. The number of ether oxygens (including phenoxy) is 1. The fourth-order valence-corrected chi connectivity index (χ4v) is 5.33. The number of sulfonamides is 1. The molecule has 0 saturated carbocycles. The van der Waals surface area contributed by atoms with Crippen LogP contribution in [0.5, 0.6) is 0 Å². The van der Waals surface area contributed by atoms with Crippen molar-refractivity contribution in [3.8, 4) is 0 Å². The molecule has 156 valence electrons. The van der Waals surface area contributed by atoms with Crippen molar-refractivity contribution in [2.24, 2.45) is 0 Å². The minimum Gasteiger partial charge on any atom is -0.379 e. The second-order valence-electron chi connectivity index (χ2n) is 7.32. The largest absolute Gasteiger partial charge is 0.379 e. The van der Waals surface area contributed by atoms with Crippen LogP contribution in [0.25, 0.3) is 10.8 Å². The minimum absolute atomic E-state index is 0.169. The number of rotatable bonds is 5. The molecular weight excluding hydrogens is 400 g/mol. The van der Waals surface area contributed by atoms with Gasteiger partial charge in [-0.2, -0.15) is 4.31 Å². The van der Waals surface area contributed by atoms with Gasteiger partial charge in [-0.1, -0.05) is 48.5 Å². The van der Waals surface area contributed by atoms with Gasteiger partial charge in [-0.25, -0.2) is 8.42 Å². The number of carbonyl (C=O) groups is 1. The molecular formula is C23H24N2O4S. The number of aryl methyl sites for hydroxylation is 1. The Labute approximate surface area is 176 Å². The molecule has 0 bridgehead atoms. The zero-order valence-corrected chi connectivity index (χ0v) is 17.6. The number of hydrogen-bond acceptors (Lipinski definition) is 4. The van der Waals surface area contributed by atoms with Crippen molar-refractivity contribution in [2.45, 2.75) is 18.4 Å². The molecule has 1 fully saturated rings. The fraction of sp³-hybridized carbons (Fsp3) is 0.261. The summed E-state index contributed by atoms with van der Waals surface area (Å²) in [7, 11) is -3.67. The quantitative estimate of drug-likeness (QED) is 0.683. The van der Waals surface area contributed by atoms with Gasteiger partial charge < -0.3 is 10.1 Å². The van der Waals surface area contributed by atoms with E-state index in [9.17, 15) is 13.2 Å². The molecule has 1 amide bonds. The highest BCUT2D eigenvalue weighted by molar-refractivity contribution is 7.89. The Morgan fingerprint density at radius 2 is 1.77 bits per heavy atom. The van der Waals surface area contributed by atoms with E-state index < -0.39 is 10.0 Å². The summed E-state index contributed by atoms with van der Waals surface area (Å²) < 4.78 is 32.8. The Morgan fingerprint density at radius 1 is 1.03 bits per heavy atom. The van der Waals surface area contributed by atoms with Crippen LogP contribution in [0, 0.1) is 6.92 Å². The van der Waals surface area contributed by atoms with Crippen molar-refractivity contribution in [3.05, 3.63) is 77.4 Å². The molecule has 6 nitrogen and oxygen atoms in total. The Morgan fingerprint density at radius 3 is 2.57 bits per heavy atom. The smallest absolute Gasteiger partial charge is 0.251 e. The Bertz CT molecular complexity index is 1180. The molecule has 3 aromatic carbocycles. The molecule has 0 spiro atoms. The lowest BCUT2D eigenvalue weighted by atomic mass is 10.0. The zero-order valence-electron chi connectivity index (χ0n) is 16.8. The van der Waals surface area contributed by atoms with Crippen LogP contribution in [0.15, 0.2) is 65.6 Å². The molecule has 1 saturated heterocycles. The summed E-state index contributed by atoms with van der Waals surface area (Å²) in [6.07, 6.45) is 0. The molecule has 7 heteroatoms. The van der Waals surface area contributed by atoms with Gasteiger partial charge in [-0.3, -0.25) is 4.79 Å². The number of nitrogens with one attached hydrogen (secondary N) is 1. The summed E-state index contributed by atoms with van der Waals surface area (Å²) in [5.74, 6) is -0.304. The Balaban J connectivity index is 1.55. The van der Waals surface area contributed by atoms with Gasteiger partial charge in [0.05, 0.1) is 18.1 Å². The topological polar surface area (TPSA) is 75.7 Å². The average molecular weight is 425 g/mol. The van der Waals surface area contributed by atoms with Crippen LogP contribution in [-0.4, -0.2) is 44.9 Å². The van der Waals surface area contributed by atoms with E-state index >= 15 is 0 Å². The van der Waals surface area contributed by atoms with Gasteiger partial charge in [-0.15, -0.1) is 0 Å². The van der Waals surface area contributed by atoms with Crippen LogP contribution in [0.3, 0.4) is 0 Å². The van der Waals surface area contributed by atoms with Crippen LogP contribution in [0.2, 0.25) is 0 Å². The lowest BCUT2D eigenvalue weighted by Crippen LogP contribution is -2.41. The van der Waals surface area contributed by atoms with Crippen LogP contribution >= 0.6 is 0 Å². The number of fused-ring (bicyclic) bond motifs is 1. The van der Waals surface area contributed by atoms with Crippen molar-refractivity contribution in [3.63, 3.8) is 0 Å². The molecule has 1 heterocycles. The predicted molar refractivity (Wildman–Crippen MR) is 116 cm³/mol. The summed E-state index contributed by atoms with van der Waals surface area (Å²) in [6.45, 7) is 3.50. The van der Waals surface area contributed by atoms with Gasteiger partial charge in [0.2, 0.25) is 10.0 Å². The normalized spacial score (nSPS) is 15.2. The van der Waals surface area contributed by atoms with Crippen molar-refractivity contribution in [2.75, 3.05) is 26.3 Å². The molecule has 1 aliphatic rings. The fourth-order valence-electron chi connectivity index (χ4n) is 3.67. The number of carbonyl (C=O) groups excluding carboxylic acids is 1. The molecule has 0 radical (unpaired) electrons. The second-order valence-corrected chi connectivity index (χ2v) is 9.22. The SMILES string of the molecule is Cc1ccc(C(=O)NCc2cccc3ccccc23)cc1S(=O)(=O)N1CCOCC1. The summed E-state index contributed by atoms with van der Waals surface area (Å²) in [5.41, 5.74) is 1.95.